The van der Waals surface area contributed by atoms with Gasteiger partial charge in [-0.1, -0.05) is 12.1 Å². The second-order valence-corrected chi connectivity index (χ2v) is 6.00. The molecule has 2 aromatic carbocycles. The molecule has 0 aliphatic heterocycles. The van der Waals surface area contributed by atoms with Gasteiger partial charge in [0.15, 0.2) is 6.61 Å². The minimum absolute atomic E-state index is 0.342. The van der Waals surface area contributed by atoms with Crippen molar-refractivity contribution in [2.24, 2.45) is 0 Å². The average molecular weight is 399 g/mol. The van der Waals surface area contributed by atoms with E-state index in [9.17, 15) is 9.59 Å². The summed E-state index contributed by atoms with van der Waals surface area (Å²) in [6, 6.07) is 12.8. The maximum Gasteiger partial charge on any atom is 0.331 e. The fraction of sp³-hybridized carbons (Fsp3) is 0.273. The van der Waals surface area contributed by atoms with Crippen molar-refractivity contribution in [1.82, 2.24) is 5.32 Å². The highest BCUT2D eigenvalue weighted by atomic mass is 16.5. The third-order valence-corrected chi connectivity index (χ3v) is 4.08. The lowest BCUT2D eigenvalue weighted by molar-refractivity contribution is -0.143. The molecule has 0 aliphatic rings. The molecule has 0 saturated carbocycles. The number of methoxy groups -OCH3 is 3. The molecule has 2 rings (SSSR count). The Morgan fingerprint density at radius 2 is 1.62 bits per heavy atom. The zero-order valence-corrected chi connectivity index (χ0v) is 16.8. The van der Waals surface area contributed by atoms with Crippen molar-refractivity contribution in [3.05, 3.63) is 59.7 Å². The van der Waals surface area contributed by atoms with Crippen LogP contribution < -0.4 is 19.5 Å². The highest BCUT2D eigenvalue weighted by Crippen LogP contribution is 2.25. The van der Waals surface area contributed by atoms with Gasteiger partial charge in [-0.3, -0.25) is 4.79 Å². The van der Waals surface area contributed by atoms with E-state index in [1.807, 2.05) is 24.3 Å². The topological polar surface area (TPSA) is 83.1 Å². The monoisotopic (exact) mass is 399 g/mol. The van der Waals surface area contributed by atoms with E-state index >= 15 is 0 Å². The normalized spacial score (nSPS) is 10.4. The Morgan fingerprint density at radius 3 is 2.28 bits per heavy atom. The van der Waals surface area contributed by atoms with Crippen LogP contribution in [-0.2, 0) is 20.7 Å². The van der Waals surface area contributed by atoms with Crippen LogP contribution in [0.5, 0.6) is 17.2 Å². The van der Waals surface area contributed by atoms with Gasteiger partial charge < -0.3 is 24.3 Å². The van der Waals surface area contributed by atoms with Crippen molar-refractivity contribution in [2.45, 2.75) is 6.42 Å². The Labute approximate surface area is 170 Å². The van der Waals surface area contributed by atoms with Crippen molar-refractivity contribution >= 4 is 18.0 Å². The number of ether oxygens (including phenoxy) is 4. The molecule has 0 aliphatic carbocycles. The first-order chi connectivity index (χ1) is 14.0. The largest absolute Gasteiger partial charge is 0.497 e. The van der Waals surface area contributed by atoms with E-state index in [4.69, 9.17) is 18.9 Å². The summed E-state index contributed by atoms with van der Waals surface area (Å²) < 4.78 is 20.4. The molecule has 0 saturated heterocycles. The van der Waals surface area contributed by atoms with Crippen LogP contribution in [0.15, 0.2) is 48.5 Å². The van der Waals surface area contributed by atoms with Crippen molar-refractivity contribution in [1.29, 1.82) is 0 Å². The van der Waals surface area contributed by atoms with Gasteiger partial charge in [0, 0.05) is 24.3 Å². The number of esters is 1. The van der Waals surface area contributed by atoms with Crippen LogP contribution in [0.3, 0.4) is 0 Å². The summed E-state index contributed by atoms with van der Waals surface area (Å²) >= 11 is 0. The van der Waals surface area contributed by atoms with E-state index in [0.29, 0.717) is 30.0 Å². The minimum atomic E-state index is -0.617. The standard InChI is InChI=1S/C22H25NO6/c1-26-18-8-4-16(5-9-18)12-13-23-21(24)15-29-22(25)11-7-17-6-10-19(27-2)14-20(17)28-3/h4-11,14H,12-13,15H2,1-3H3,(H,23,24). The van der Waals surface area contributed by atoms with Crippen molar-refractivity contribution in [3.63, 3.8) is 0 Å². The molecule has 2 aromatic rings. The Hall–Kier alpha value is -3.48. The van der Waals surface area contributed by atoms with Gasteiger partial charge in [-0.05, 0) is 42.3 Å². The number of hydrogen-bond donors (Lipinski definition) is 1. The van der Waals surface area contributed by atoms with E-state index in [-0.39, 0.29) is 12.5 Å². The van der Waals surface area contributed by atoms with Gasteiger partial charge in [-0.15, -0.1) is 0 Å². The Morgan fingerprint density at radius 1 is 0.931 bits per heavy atom. The van der Waals surface area contributed by atoms with Crippen LogP contribution in [0.4, 0.5) is 0 Å². The van der Waals surface area contributed by atoms with Crippen LogP contribution in [0.2, 0.25) is 0 Å². The van der Waals surface area contributed by atoms with Crippen molar-refractivity contribution in [2.75, 3.05) is 34.5 Å². The maximum atomic E-state index is 11.8. The van der Waals surface area contributed by atoms with Crippen molar-refractivity contribution < 1.29 is 28.5 Å². The molecular weight excluding hydrogens is 374 g/mol. The zero-order chi connectivity index (χ0) is 21.1. The summed E-state index contributed by atoms with van der Waals surface area (Å²) in [6.45, 7) is 0.104. The van der Waals surface area contributed by atoms with Crippen LogP contribution >= 0.6 is 0 Å². The summed E-state index contributed by atoms with van der Waals surface area (Å²) in [4.78, 5) is 23.6. The predicted molar refractivity (Wildman–Crippen MR) is 109 cm³/mol. The number of hydrogen-bond acceptors (Lipinski definition) is 6. The molecule has 7 nitrogen and oxygen atoms in total. The molecule has 0 aromatic heterocycles. The highest BCUT2D eigenvalue weighted by molar-refractivity contribution is 5.89. The van der Waals surface area contributed by atoms with Crippen LogP contribution in [-0.4, -0.2) is 46.4 Å². The lowest BCUT2D eigenvalue weighted by atomic mass is 10.1. The van der Waals surface area contributed by atoms with Crippen LogP contribution in [0.1, 0.15) is 11.1 Å². The first kappa shape index (κ1) is 21.8. The predicted octanol–water partition coefficient (Wildman–Crippen LogP) is 2.63. The summed E-state index contributed by atoms with van der Waals surface area (Å²) in [5.41, 5.74) is 1.76. The molecule has 7 heteroatoms. The Kier molecular flexibility index (Phi) is 8.56. The zero-order valence-electron chi connectivity index (χ0n) is 16.8. The molecule has 0 bridgehead atoms. The van der Waals surface area contributed by atoms with Gasteiger partial charge in [0.2, 0.25) is 0 Å². The van der Waals surface area contributed by atoms with Gasteiger partial charge in [0.1, 0.15) is 17.2 Å². The van der Waals surface area contributed by atoms with E-state index in [2.05, 4.69) is 5.32 Å². The average Bonchev–Trinajstić information content (AvgIpc) is 2.76. The number of rotatable bonds is 10. The summed E-state index contributed by atoms with van der Waals surface area (Å²) in [6.07, 6.45) is 3.47. The molecule has 0 heterocycles. The maximum absolute atomic E-state index is 11.8. The second kappa shape index (κ2) is 11.4. The quantitative estimate of drug-likeness (QED) is 0.489. The summed E-state index contributed by atoms with van der Waals surface area (Å²) in [5, 5.41) is 2.71. The van der Waals surface area contributed by atoms with E-state index in [1.54, 1.807) is 38.5 Å². The Balaban J connectivity index is 1.74. The molecule has 29 heavy (non-hydrogen) atoms. The van der Waals surface area contributed by atoms with E-state index in [0.717, 1.165) is 11.3 Å². The van der Waals surface area contributed by atoms with E-state index < -0.39 is 5.97 Å². The van der Waals surface area contributed by atoms with Gasteiger partial charge in [-0.2, -0.15) is 0 Å². The molecule has 1 N–H and O–H groups in total. The lowest BCUT2D eigenvalue weighted by Crippen LogP contribution is -2.30. The highest BCUT2D eigenvalue weighted by Gasteiger charge is 2.06. The fourth-order valence-corrected chi connectivity index (χ4v) is 2.49. The van der Waals surface area contributed by atoms with Crippen LogP contribution in [0.25, 0.3) is 6.08 Å². The van der Waals surface area contributed by atoms with Gasteiger partial charge in [0.05, 0.1) is 21.3 Å². The summed E-state index contributed by atoms with van der Waals surface area (Å²) in [5.74, 6) is 1.01. The van der Waals surface area contributed by atoms with Gasteiger partial charge in [-0.25, -0.2) is 4.79 Å². The molecule has 0 spiro atoms. The van der Waals surface area contributed by atoms with Crippen LogP contribution in [0, 0.1) is 0 Å². The number of benzene rings is 2. The molecule has 154 valence electrons. The first-order valence-corrected chi connectivity index (χ1v) is 9.02. The molecule has 0 radical (unpaired) electrons. The smallest absolute Gasteiger partial charge is 0.331 e. The van der Waals surface area contributed by atoms with Gasteiger partial charge in [0.25, 0.3) is 5.91 Å². The molecular formula is C22H25NO6. The fourth-order valence-electron chi connectivity index (χ4n) is 2.49. The second-order valence-electron chi connectivity index (χ2n) is 6.00. The number of carbonyl (C=O) groups excluding carboxylic acids is 2. The third kappa shape index (κ3) is 7.21. The van der Waals surface area contributed by atoms with Crippen molar-refractivity contribution in [3.8, 4) is 17.2 Å². The number of carbonyl (C=O) groups is 2. The summed E-state index contributed by atoms with van der Waals surface area (Å²) in [7, 11) is 4.70. The lowest BCUT2D eigenvalue weighted by Gasteiger charge is -2.07. The number of amides is 1. The molecule has 0 unspecified atom stereocenters. The van der Waals surface area contributed by atoms with Gasteiger partial charge >= 0.3 is 5.97 Å². The SMILES string of the molecule is COc1ccc(CCNC(=O)COC(=O)C=Cc2ccc(OC)cc2OC)cc1. The first-order valence-electron chi connectivity index (χ1n) is 9.02. The Bertz CT molecular complexity index is 845. The minimum Gasteiger partial charge on any atom is -0.497 e. The molecule has 0 fully saturated rings. The molecule has 1 amide bonds. The van der Waals surface area contributed by atoms with E-state index in [1.165, 1.54) is 13.2 Å². The molecule has 0 atom stereocenters. The number of nitrogens with one attached hydrogen (secondary N) is 1. The third-order valence-electron chi connectivity index (χ3n) is 4.08.